The van der Waals surface area contributed by atoms with Gasteiger partial charge in [0.25, 0.3) is 0 Å². The van der Waals surface area contributed by atoms with E-state index in [9.17, 15) is 5.11 Å². The molecule has 2 rings (SSSR count). The van der Waals surface area contributed by atoms with Crippen LogP contribution >= 0.6 is 11.3 Å². The van der Waals surface area contributed by atoms with Crippen molar-refractivity contribution in [2.75, 3.05) is 0 Å². The molecule has 0 saturated heterocycles. The van der Waals surface area contributed by atoms with Crippen LogP contribution in [0.25, 0.3) is 0 Å². The maximum absolute atomic E-state index is 9.47. The van der Waals surface area contributed by atoms with Crippen LogP contribution in [-0.2, 0) is 6.61 Å². The fourth-order valence-corrected chi connectivity index (χ4v) is 2.09. The number of aliphatic hydroxyl groups is 1. The van der Waals surface area contributed by atoms with Crippen LogP contribution in [0, 0.1) is 6.92 Å². The highest BCUT2D eigenvalue weighted by atomic mass is 32.1. The van der Waals surface area contributed by atoms with Gasteiger partial charge < -0.3 is 9.84 Å². The van der Waals surface area contributed by atoms with Crippen LogP contribution in [0.1, 0.15) is 29.2 Å². The van der Waals surface area contributed by atoms with E-state index in [-0.39, 0.29) is 0 Å². The Balaban J connectivity index is 2.06. The Bertz CT molecular complexity index is 480. The Labute approximate surface area is 105 Å². The van der Waals surface area contributed by atoms with Gasteiger partial charge in [0.05, 0.1) is 6.10 Å². The third kappa shape index (κ3) is 3.05. The largest absolute Gasteiger partial charge is 0.486 e. The van der Waals surface area contributed by atoms with E-state index in [1.807, 2.05) is 30.5 Å². The van der Waals surface area contributed by atoms with E-state index in [4.69, 9.17) is 4.74 Å². The lowest BCUT2D eigenvalue weighted by molar-refractivity contribution is 0.199. The van der Waals surface area contributed by atoms with E-state index in [0.717, 1.165) is 21.9 Å². The molecule has 1 unspecified atom stereocenters. The molecule has 1 atom stereocenters. The SMILES string of the molecule is Cc1cc(C(C)O)ccc1OCc1nccs1. The van der Waals surface area contributed by atoms with Crippen LogP contribution in [-0.4, -0.2) is 10.1 Å². The van der Waals surface area contributed by atoms with Crippen molar-refractivity contribution in [3.63, 3.8) is 0 Å². The first-order valence-corrected chi connectivity index (χ1v) is 6.34. The molecular weight excluding hydrogens is 234 g/mol. The molecule has 2 aromatic rings. The van der Waals surface area contributed by atoms with Crippen LogP contribution in [0.15, 0.2) is 29.8 Å². The normalized spacial score (nSPS) is 12.4. The summed E-state index contributed by atoms with van der Waals surface area (Å²) in [7, 11) is 0. The molecule has 0 saturated carbocycles. The zero-order valence-electron chi connectivity index (χ0n) is 9.88. The van der Waals surface area contributed by atoms with E-state index in [0.29, 0.717) is 6.61 Å². The Hall–Kier alpha value is -1.39. The summed E-state index contributed by atoms with van der Waals surface area (Å²) in [5.41, 5.74) is 1.93. The molecular formula is C13H15NO2S. The standard InChI is InChI=1S/C13H15NO2S/c1-9-7-11(10(2)15)3-4-12(9)16-8-13-14-5-6-17-13/h3-7,10,15H,8H2,1-2H3. The molecule has 1 aromatic heterocycles. The smallest absolute Gasteiger partial charge is 0.140 e. The van der Waals surface area contributed by atoms with Crippen molar-refractivity contribution in [3.05, 3.63) is 45.9 Å². The molecule has 0 fully saturated rings. The van der Waals surface area contributed by atoms with Gasteiger partial charge in [-0.25, -0.2) is 4.98 Å². The number of hydrogen-bond acceptors (Lipinski definition) is 4. The highest BCUT2D eigenvalue weighted by Gasteiger charge is 2.05. The predicted octanol–water partition coefficient (Wildman–Crippen LogP) is 3.08. The summed E-state index contributed by atoms with van der Waals surface area (Å²) >= 11 is 1.58. The number of benzene rings is 1. The predicted molar refractivity (Wildman–Crippen MR) is 68.3 cm³/mol. The summed E-state index contributed by atoms with van der Waals surface area (Å²) in [4.78, 5) is 4.16. The molecule has 90 valence electrons. The average molecular weight is 249 g/mol. The summed E-state index contributed by atoms with van der Waals surface area (Å²) in [5, 5.41) is 12.4. The molecule has 0 radical (unpaired) electrons. The Morgan fingerprint density at radius 2 is 2.29 bits per heavy atom. The highest BCUT2D eigenvalue weighted by molar-refractivity contribution is 7.09. The van der Waals surface area contributed by atoms with Gasteiger partial charge in [-0.3, -0.25) is 0 Å². The summed E-state index contributed by atoms with van der Waals surface area (Å²) in [5.74, 6) is 0.838. The molecule has 0 amide bonds. The third-order valence-electron chi connectivity index (χ3n) is 2.52. The van der Waals surface area contributed by atoms with Crippen LogP contribution in [0.2, 0.25) is 0 Å². The number of hydrogen-bond donors (Lipinski definition) is 1. The minimum absolute atomic E-state index is 0.443. The molecule has 0 spiro atoms. The Kier molecular flexibility index (Phi) is 3.76. The number of aryl methyl sites for hydroxylation is 1. The van der Waals surface area contributed by atoms with Gasteiger partial charge in [0.15, 0.2) is 0 Å². The first-order chi connectivity index (χ1) is 8.16. The number of aliphatic hydroxyl groups excluding tert-OH is 1. The lowest BCUT2D eigenvalue weighted by atomic mass is 10.1. The van der Waals surface area contributed by atoms with E-state index in [2.05, 4.69) is 4.98 Å². The number of nitrogens with zero attached hydrogens (tertiary/aromatic N) is 1. The summed E-state index contributed by atoms with van der Waals surface area (Å²) in [6.45, 7) is 4.22. The van der Waals surface area contributed by atoms with Crippen LogP contribution in [0.4, 0.5) is 0 Å². The first kappa shape index (κ1) is 12.1. The van der Waals surface area contributed by atoms with Crippen LogP contribution in [0.5, 0.6) is 5.75 Å². The van der Waals surface area contributed by atoms with Crippen LogP contribution in [0.3, 0.4) is 0 Å². The second kappa shape index (κ2) is 5.29. The van der Waals surface area contributed by atoms with Crippen molar-refractivity contribution in [3.8, 4) is 5.75 Å². The fourth-order valence-electron chi connectivity index (χ4n) is 1.56. The van der Waals surface area contributed by atoms with Gasteiger partial charge in [-0.2, -0.15) is 0 Å². The van der Waals surface area contributed by atoms with Gasteiger partial charge in [-0.1, -0.05) is 6.07 Å². The zero-order valence-corrected chi connectivity index (χ0v) is 10.7. The lowest BCUT2D eigenvalue weighted by Crippen LogP contribution is -1.98. The second-order valence-electron chi connectivity index (χ2n) is 3.92. The summed E-state index contributed by atoms with van der Waals surface area (Å²) < 4.78 is 5.68. The molecule has 1 N–H and O–H groups in total. The molecule has 1 heterocycles. The lowest BCUT2D eigenvalue weighted by Gasteiger charge is -2.11. The minimum Gasteiger partial charge on any atom is -0.486 e. The summed E-state index contributed by atoms with van der Waals surface area (Å²) in [6.07, 6.45) is 1.33. The van der Waals surface area contributed by atoms with E-state index >= 15 is 0 Å². The van der Waals surface area contributed by atoms with Crippen molar-refractivity contribution in [1.29, 1.82) is 0 Å². The summed E-state index contributed by atoms with van der Waals surface area (Å²) in [6, 6.07) is 5.72. The quantitative estimate of drug-likeness (QED) is 0.905. The van der Waals surface area contributed by atoms with E-state index in [1.165, 1.54) is 0 Å². The number of aromatic nitrogens is 1. The van der Waals surface area contributed by atoms with Gasteiger partial charge in [0.1, 0.15) is 17.4 Å². The van der Waals surface area contributed by atoms with Gasteiger partial charge in [0, 0.05) is 11.6 Å². The molecule has 0 bridgehead atoms. The van der Waals surface area contributed by atoms with Crippen molar-refractivity contribution in [2.24, 2.45) is 0 Å². The Morgan fingerprint density at radius 1 is 1.47 bits per heavy atom. The molecule has 0 aliphatic carbocycles. The highest BCUT2D eigenvalue weighted by Crippen LogP contribution is 2.23. The number of ether oxygens (including phenoxy) is 1. The van der Waals surface area contributed by atoms with Gasteiger partial charge in [-0.05, 0) is 37.1 Å². The number of thiazole rings is 1. The second-order valence-corrected chi connectivity index (χ2v) is 4.89. The molecule has 0 aliphatic rings. The Morgan fingerprint density at radius 3 is 2.88 bits per heavy atom. The van der Waals surface area contributed by atoms with Gasteiger partial charge in [-0.15, -0.1) is 11.3 Å². The topological polar surface area (TPSA) is 42.4 Å². The fraction of sp³-hybridized carbons (Fsp3) is 0.308. The minimum atomic E-state index is -0.443. The molecule has 4 heteroatoms. The van der Waals surface area contributed by atoms with Gasteiger partial charge >= 0.3 is 0 Å². The number of rotatable bonds is 4. The van der Waals surface area contributed by atoms with E-state index in [1.54, 1.807) is 24.5 Å². The maximum atomic E-state index is 9.47. The van der Waals surface area contributed by atoms with Crippen molar-refractivity contribution < 1.29 is 9.84 Å². The first-order valence-electron chi connectivity index (χ1n) is 5.46. The van der Waals surface area contributed by atoms with Crippen molar-refractivity contribution >= 4 is 11.3 Å². The molecule has 1 aromatic carbocycles. The average Bonchev–Trinajstić information content (AvgIpc) is 2.80. The van der Waals surface area contributed by atoms with Crippen LogP contribution < -0.4 is 4.74 Å². The third-order valence-corrected chi connectivity index (χ3v) is 3.27. The van der Waals surface area contributed by atoms with Crippen molar-refractivity contribution in [2.45, 2.75) is 26.6 Å². The van der Waals surface area contributed by atoms with Crippen molar-refractivity contribution in [1.82, 2.24) is 4.98 Å². The monoisotopic (exact) mass is 249 g/mol. The van der Waals surface area contributed by atoms with E-state index < -0.39 is 6.10 Å². The van der Waals surface area contributed by atoms with Gasteiger partial charge in [0.2, 0.25) is 0 Å². The molecule has 17 heavy (non-hydrogen) atoms. The maximum Gasteiger partial charge on any atom is 0.140 e. The zero-order chi connectivity index (χ0) is 12.3. The molecule has 3 nitrogen and oxygen atoms in total. The molecule has 0 aliphatic heterocycles.